The number of aromatic carboxylic acids is 1. The first kappa shape index (κ1) is 15.4. The molecule has 106 valence electrons. The van der Waals surface area contributed by atoms with Gasteiger partial charge in [-0.2, -0.15) is 0 Å². The number of rotatable bonds is 4. The quantitative estimate of drug-likeness (QED) is 0.684. The summed E-state index contributed by atoms with van der Waals surface area (Å²) in [6.07, 6.45) is -8.08. The second-order valence-electron chi connectivity index (χ2n) is 3.15. The third-order valence-electron chi connectivity index (χ3n) is 1.96. The topological polar surface area (TPSA) is 59.4 Å². The van der Waals surface area contributed by atoms with Crippen LogP contribution in [0, 0.1) is 0 Å². The number of nitrogens with zero attached hydrogens (tertiary/aromatic N) is 1. The molecular formula is C9H5ClF5NO3. The Morgan fingerprint density at radius 3 is 2.42 bits per heavy atom. The van der Waals surface area contributed by atoms with E-state index in [4.69, 9.17) is 16.7 Å². The zero-order valence-electron chi connectivity index (χ0n) is 8.84. The number of carboxylic acids is 1. The van der Waals surface area contributed by atoms with E-state index in [1.807, 2.05) is 0 Å². The molecule has 1 heterocycles. The molecule has 0 saturated carbocycles. The van der Waals surface area contributed by atoms with E-state index in [0.717, 1.165) is 0 Å². The lowest BCUT2D eigenvalue weighted by molar-refractivity contribution is -0.274. The molecule has 0 aliphatic rings. The molecule has 0 aromatic carbocycles. The van der Waals surface area contributed by atoms with Crippen LogP contribution in [0.25, 0.3) is 0 Å². The van der Waals surface area contributed by atoms with E-state index in [-0.39, 0.29) is 6.20 Å². The van der Waals surface area contributed by atoms with Crippen molar-refractivity contribution >= 4 is 17.6 Å². The molecule has 1 aromatic rings. The Hall–Kier alpha value is -1.64. The highest BCUT2D eigenvalue weighted by Gasteiger charge is 2.35. The van der Waals surface area contributed by atoms with Gasteiger partial charge in [0.25, 0.3) is 6.43 Å². The summed E-state index contributed by atoms with van der Waals surface area (Å²) in [6, 6.07) is 0. The second kappa shape index (κ2) is 5.55. The predicted molar refractivity (Wildman–Crippen MR) is 52.4 cm³/mol. The minimum absolute atomic E-state index is 0.272. The van der Waals surface area contributed by atoms with Gasteiger partial charge in [0.05, 0.1) is 12.1 Å². The predicted octanol–water partition coefficient (Wildman–Crippen LogP) is 3.35. The van der Waals surface area contributed by atoms with Gasteiger partial charge in [-0.25, -0.2) is 13.6 Å². The van der Waals surface area contributed by atoms with Gasteiger partial charge in [0.15, 0.2) is 5.75 Å². The number of halogens is 6. The highest BCUT2D eigenvalue weighted by atomic mass is 35.5. The first-order chi connectivity index (χ1) is 8.67. The van der Waals surface area contributed by atoms with Crippen molar-refractivity contribution < 1.29 is 36.6 Å². The van der Waals surface area contributed by atoms with E-state index in [1.54, 1.807) is 0 Å². The smallest absolute Gasteiger partial charge is 0.478 e. The average Bonchev–Trinajstić information content (AvgIpc) is 2.25. The van der Waals surface area contributed by atoms with Gasteiger partial charge in [-0.15, -0.1) is 24.8 Å². The molecule has 0 spiro atoms. The Balaban J connectivity index is 3.46. The van der Waals surface area contributed by atoms with Crippen LogP contribution in [-0.4, -0.2) is 22.4 Å². The fraction of sp³-hybridized carbons (Fsp3) is 0.333. The van der Waals surface area contributed by atoms with Crippen LogP contribution in [0.3, 0.4) is 0 Å². The number of hydrogen-bond acceptors (Lipinski definition) is 3. The molecule has 1 aromatic heterocycles. The van der Waals surface area contributed by atoms with Crippen molar-refractivity contribution in [1.29, 1.82) is 0 Å². The van der Waals surface area contributed by atoms with E-state index in [2.05, 4.69) is 9.72 Å². The molecule has 19 heavy (non-hydrogen) atoms. The van der Waals surface area contributed by atoms with Gasteiger partial charge in [-0.05, 0) is 0 Å². The standard InChI is InChI=1S/C9H5ClF5NO3/c10-1-3-5(8(17)18)4(19-9(13,14)15)2-16-6(3)7(11)12/h2,7H,1H2,(H,17,18). The first-order valence-electron chi connectivity index (χ1n) is 4.52. The van der Waals surface area contributed by atoms with Crippen LogP contribution in [0.2, 0.25) is 0 Å². The highest BCUT2D eigenvalue weighted by molar-refractivity contribution is 6.17. The summed E-state index contributed by atoms with van der Waals surface area (Å²) in [5.41, 5.74) is -2.80. The van der Waals surface area contributed by atoms with Crippen molar-refractivity contribution in [2.75, 3.05) is 0 Å². The van der Waals surface area contributed by atoms with Crippen LogP contribution in [0.5, 0.6) is 5.75 Å². The summed E-state index contributed by atoms with van der Waals surface area (Å²) in [5, 5.41) is 8.80. The number of carboxylic acid groups (broad SMARTS) is 1. The summed E-state index contributed by atoms with van der Waals surface area (Å²) in [4.78, 5) is 13.9. The number of alkyl halides is 6. The lowest BCUT2D eigenvalue weighted by atomic mass is 10.1. The zero-order chi connectivity index (χ0) is 14.8. The van der Waals surface area contributed by atoms with E-state index >= 15 is 0 Å². The molecule has 0 radical (unpaired) electrons. The van der Waals surface area contributed by atoms with Gasteiger partial charge < -0.3 is 9.84 Å². The molecule has 0 aliphatic carbocycles. The summed E-state index contributed by atoms with van der Waals surface area (Å²) in [7, 11) is 0. The Labute approximate surface area is 107 Å². The van der Waals surface area contributed by atoms with E-state index in [9.17, 15) is 26.7 Å². The normalized spacial score (nSPS) is 11.7. The van der Waals surface area contributed by atoms with Gasteiger partial charge in [0.2, 0.25) is 0 Å². The number of carbonyl (C=O) groups is 1. The second-order valence-corrected chi connectivity index (χ2v) is 3.42. The van der Waals surface area contributed by atoms with Crippen molar-refractivity contribution in [3.8, 4) is 5.75 Å². The van der Waals surface area contributed by atoms with Gasteiger partial charge in [0.1, 0.15) is 11.3 Å². The first-order valence-corrected chi connectivity index (χ1v) is 5.05. The van der Waals surface area contributed by atoms with Gasteiger partial charge in [0, 0.05) is 5.56 Å². The molecule has 0 amide bonds. The molecule has 1 rings (SSSR count). The highest BCUT2D eigenvalue weighted by Crippen LogP contribution is 2.33. The van der Waals surface area contributed by atoms with Crippen LogP contribution < -0.4 is 4.74 Å². The van der Waals surface area contributed by atoms with E-state index < -0.39 is 47.2 Å². The number of hydrogen-bond donors (Lipinski definition) is 1. The minimum Gasteiger partial charge on any atom is -0.478 e. The van der Waals surface area contributed by atoms with Gasteiger partial charge in [-0.3, -0.25) is 4.98 Å². The number of pyridine rings is 1. The minimum atomic E-state index is -5.18. The molecule has 0 fully saturated rings. The molecule has 10 heteroatoms. The van der Waals surface area contributed by atoms with Crippen molar-refractivity contribution in [1.82, 2.24) is 4.98 Å². The van der Waals surface area contributed by atoms with Crippen molar-refractivity contribution in [2.24, 2.45) is 0 Å². The maximum Gasteiger partial charge on any atom is 0.573 e. The molecule has 0 unspecified atom stereocenters. The largest absolute Gasteiger partial charge is 0.573 e. The average molecular weight is 306 g/mol. The Bertz CT molecular complexity index is 491. The summed E-state index contributed by atoms with van der Waals surface area (Å²) < 4.78 is 64.7. The molecule has 1 N–H and O–H groups in total. The van der Waals surface area contributed by atoms with Crippen molar-refractivity contribution in [3.05, 3.63) is 23.0 Å². The van der Waals surface area contributed by atoms with Crippen LogP contribution in [0.4, 0.5) is 22.0 Å². The Morgan fingerprint density at radius 2 is 2.05 bits per heavy atom. The maximum absolute atomic E-state index is 12.6. The van der Waals surface area contributed by atoms with Crippen LogP contribution in [-0.2, 0) is 5.88 Å². The summed E-state index contributed by atoms with van der Waals surface area (Å²) in [6.45, 7) is 0. The fourth-order valence-corrected chi connectivity index (χ4v) is 1.58. The SMILES string of the molecule is O=C(O)c1c(OC(F)(F)F)cnc(C(F)F)c1CCl. The number of aromatic nitrogens is 1. The van der Waals surface area contributed by atoms with Crippen LogP contribution in [0.1, 0.15) is 28.0 Å². The summed E-state index contributed by atoms with van der Waals surface area (Å²) >= 11 is 5.30. The van der Waals surface area contributed by atoms with Gasteiger partial charge >= 0.3 is 12.3 Å². The zero-order valence-corrected chi connectivity index (χ0v) is 9.60. The third-order valence-corrected chi connectivity index (χ3v) is 2.23. The fourth-order valence-electron chi connectivity index (χ4n) is 1.31. The van der Waals surface area contributed by atoms with E-state index in [0.29, 0.717) is 0 Å². The lowest BCUT2D eigenvalue weighted by Gasteiger charge is -2.15. The molecular weight excluding hydrogens is 301 g/mol. The summed E-state index contributed by atoms with van der Waals surface area (Å²) in [5.74, 6) is -3.82. The van der Waals surface area contributed by atoms with Crippen LogP contribution >= 0.6 is 11.6 Å². The lowest BCUT2D eigenvalue weighted by Crippen LogP contribution is -2.20. The molecule has 0 saturated heterocycles. The molecule has 0 aliphatic heterocycles. The molecule has 0 bridgehead atoms. The van der Waals surface area contributed by atoms with Crippen molar-refractivity contribution in [2.45, 2.75) is 18.7 Å². The third kappa shape index (κ3) is 3.66. The van der Waals surface area contributed by atoms with Crippen molar-refractivity contribution in [3.63, 3.8) is 0 Å². The van der Waals surface area contributed by atoms with Gasteiger partial charge in [-0.1, -0.05) is 0 Å². The molecule has 0 atom stereocenters. The van der Waals surface area contributed by atoms with Crippen LogP contribution in [0.15, 0.2) is 6.20 Å². The number of ether oxygens (including phenoxy) is 1. The Kier molecular flexibility index (Phi) is 4.51. The maximum atomic E-state index is 12.6. The van der Waals surface area contributed by atoms with E-state index in [1.165, 1.54) is 0 Å². The molecule has 4 nitrogen and oxygen atoms in total. The monoisotopic (exact) mass is 305 g/mol. The Morgan fingerprint density at radius 1 is 1.47 bits per heavy atom.